The number of methoxy groups -OCH3 is 1. The summed E-state index contributed by atoms with van der Waals surface area (Å²) in [6.45, 7) is 4.94. The molecule has 0 spiro atoms. The van der Waals surface area contributed by atoms with Crippen molar-refractivity contribution in [3.05, 3.63) is 58.1 Å². The van der Waals surface area contributed by atoms with Crippen molar-refractivity contribution >= 4 is 50.7 Å². The highest BCUT2D eigenvalue weighted by Gasteiger charge is 2.30. The van der Waals surface area contributed by atoms with Gasteiger partial charge in [-0.2, -0.15) is 0 Å². The quantitative estimate of drug-likeness (QED) is 0.460. The van der Waals surface area contributed by atoms with Gasteiger partial charge in [0, 0.05) is 22.6 Å². The van der Waals surface area contributed by atoms with Crippen molar-refractivity contribution in [2.75, 3.05) is 24.2 Å². The van der Waals surface area contributed by atoms with Crippen LogP contribution >= 0.6 is 23.2 Å². The normalized spacial score (nSPS) is 13.0. The molecular weight excluding hydrogens is 513 g/mol. The lowest BCUT2D eigenvalue weighted by molar-refractivity contribution is -0.139. The Balaban J connectivity index is 2.43. The monoisotopic (exact) mass is 543 g/mol. The summed E-state index contributed by atoms with van der Waals surface area (Å²) in [5, 5.41) is 3.33. The van der Waals surface area contributed by atoms with Crippen LogP contribution in [0.5, 0.6) is 5.75 Å². The molecule has 0 aliphatic carbocycles. The van der Waals surface area contributed by atoms with Gasteiger partial charge in [0.25, 0.3) is 0 Å². The maximum absolute atomic E-state index is 13.5. The Labute approximate surface area is 217 Å². The van der Waals surface area contributed by atoms with Crippen LogP contribution in [0.15, 0.2) is 42.5 Å². The Bertz CT molecular complexity index is 1140. The van der Waals surface area contributed by atoms with E-state index >= 15 is 0 Å². The second-order valence-corrected chi connectivity index (χ2v) is 11.0. The summed E-state index contributed by atoms with van der Waals surface area (Å²) in [6, 6.07) is 10.4. The van der Waals surface area contributed by atoms with Gasteiger partial charge in [-0.05, 0) is 56.2 Å². The first-order valence-electron chi connectivity index (χ1n) is 11.0. The molecule has 0 aromatic heterocycles. The maximum atomic E-state index is 13.5. The zero-order valence-corrected chi connectivity index (χ0v) is 22.7. The van der Waals surface area contributed by atoms with Gasteiger partial charge < -0.3 is 15.0 Å². The number of carbonyl (C=O) groups is 2. The van der Waals surface area contributed by atoms with Crippen LogP contribution in [0.1, 0.15) is 32.8 Å². The average Bonchev–Trinajstić information content (AvgIpc) is 2.78. The first-order valence-corrected chi connectivity index (χ1v) is 13.6. The lowest BCUT2D eigenvalue weighted by Crippen LogP contribution is -2.52. The number of anilines is 1. The molecule has 2 aromatic rings. The number of nitrogens with zero attached hydrogens (tertiary/aromatic N) is 2. The van der Waals surface area contributed by atoms with Crippen LogP contribution in [0.25, 0.3) is 0 Å². The van der Waals surface area contributed by atoms with Crippen LogP contribution in [0.2, 0.25) is 10.0 Å². The maximum Gasteiger partial charge on any atom is 0.244 e. The Kier molecular flexibility index (Phi) is 10.2. The fourth-order valence-electron chi connectivity index (χ4n) is 3.31. The summed E-state index contributed by atoms with van der Waals surface area (Å²) in [5.41, 5.74) is 0.869. The number of hydrogen-bond donors (Lipinski definition) is 1. The van der Waals surface area contributed by atoms with E-state index in [-0.39, 0.29) is 34.2 Å². The molecule has 0 fully saturated rings. The van der Waals surface area contributed by atoms with Gasteiger partial charge in [0.2, 0.25) is 21.8 Å². The number of benzene rings is 2. The van der Waals surface area contributed by atoms with Gasteiger partial charge >= 0.3 is 0 Å². The van der Waals surface area contributed by atoms with Crippen LogP contribution in [0.4, 0.5) is 5.69 Å². The fraction of sp³-hybridized carbons (Fsp3) is 0.417. The number of carbonyl (C=O) groups excluding carboxylic acids is 2. The van der Waals surface area contributed by atoms with Crippen molar-refractivity contribution < 1.29 is 22.7 Å². The van der Waals surface area contributed by atoms with Gasteiger partial charge in [0.05, 0.1) is 19.1 Å². The molecule has 192 valence electrons. The van der Waals surface area contributed by atoms with E-state index in [4.69, 9.17) is 27.9 Å². The predicted octanol–water partition coefficient (Wildman–Crippen LogP) is 4.10. The summed E-state index contributed by atoms with van der Waals surface area (Å²) in [6.07, 6.45) is 1.71. The Morgan fingerprint density at radius 1 is 1.09 bits per heavy atom. The average molecular weight is 545 g/mol. The van der Waals surface area contributed by atoms with E-state index in [0.717, 1.165) is 22.5 Å². The van der Waals surface area contributed by atoms with E-state index in [0.29, 0.717) is 5.75 Å². The van der Waals surface area contributed by atoms with Gasteiger partial charge in [0.1, 0.15) is 18.3 Å². The van der Waals surface area contributed by atoms with Crippen molar-refractivity contribution in [3.63, 3.8) is 0 Å². The summed E-state index contributed by atoms with van der Waals surface area (Å²) in [5.74, 6) is -0.314. The number of rotatable bonds is 11. The smallest absolute Gasteiger partial charge is 0.244 e. The van der Waals surface area contributed by atoms with Crippen LogP contribution in [0, 0.1) is 0 Å². The molecule has 0 saturated carbocycles. The first-order chi connectivity index (χ1) is 16.3. The minimum absolute atomic E-state index is 0.0685. The molecule has 0 aliphatic rings. The van der Waals surface area contributed by atoms with E-state index in [1.54, 1.807) is 31.2 Å². The zero-order valence-electron chi connectivity index (χ0n) is 20.4. The molecular formula is C24H31Cl2N3O5S. The zero-order chi connectivity index (χ0) is 26.3. The van der Waals surface area contributed by atoms with Gasteiger partial charge in [-0.1, -0.05) is 42.3 Å². The molecule has 35 heavy (non-hydrogen) atoms. The summed E-state index contributed by atoms with van der Waals surface area (Å²) in [7, 11) is -2.35. The summed E-state index contributed by atoms with van der Waals surface area (Å²) in [4.78, 5) is 27.8. The minimum atomic E-state index is -3.88. The van der Waals surface area contributed by atoms with Crippen molar-refractivity contribution in [1.29, 1.82) is 0 Å². The van der Waals surface area contributed by atoms with Crippen molar-refractivity contribution in [3.8, 4) is 5.75 Å². The number of amides is 2. The van der Waals surface area contributed by atoms with Crippen LogP contribution in [0.3, 0.4) is 0 Å². The molecule has 2 aromatic carbocycles. The van der Waals surface area contributed by atoms with E-state index in [1.165, 1.54) is 30.2 Å². The standard InChI is InChI=1S/C24H31Cl2N3O5S/c1-6-16(2)27-24(31)17(3)28(14-18-8-7-9-22(10-18)34-4)23(30)15-29(35(5,32)33)21-12-19(25)11-20(26)13-21/h7-13,16-17H,6,14-15H2,1-5H3,(H,27,31)/t16-,17+/m1/s1. The number of halogens is 2. The second kappa shape index (κ2) is 12.5. The molecule has 2 rings (SSSR count). The Morgan fingerprint density at radius 2 is 1.71 bits per heavy atom. The molecule has 11 heteroatoms. The molecule has 1 N–H and O–H groups in total. The predicted molar refractivity (Wildman–Crippen MR) is 140 cm³/mol. The van der Waals surface area contributed by atoms with E-state index in [1.807, 2.05) is 13.8 Å². The van der Waals surface area contributed by atoms with Gasteiger partial charge in [0.15, 0.2) is 0 Å². The Morgan fingerprint density at radius 3 is 2.26 bits per heavy atom. The fourth-order valence-corrected chi connectivity index (χ4v) is 4.66. The lowest BCUT2D eigenvalue weighted by atomic mass is 10.1. The molecule has 8 nitrogen and oxygen atoms in total. The van der Waals surface area contributed by atoms with E-state index in [9.17, 15) is 18.0 Å². The van der Waals surface area contributed by atoms with Crippen LogP contribution in [-0.4, -0.2) is 57.1 Å². The van der Waals surface area contributed by atoms with E-state index < -0.39 is 28.5 Å². The third-order valence-electron chi connectivity index (χ3n) is 5.47. The SMILES string of the molecule is CC[C@@H](C)NC(=O)[C@H](C)N(Cc1cccc(OC)c1)C(=O)CN(c1cc(Cl)cc(Cl)c1)S(C)(=O)=O. The molecule has 0 unspecified atom stereocenters. The third-order valence-corrected chi connectivity index (χ3v) is 7.05. The molecule has 0 bridgehead atoms. The van der Waals surface area contributed by atoms with Gasteiger partial charge in [-0.25, -0.2) is 8.42 Å². The molecule has 0 radical (unpaired) electrons. The van der Waals surface area contributed by atoms with E-state index in [2.05, 4.69) is 5.32 Å². The number of hydrogen-bond acceptors (Lipinski definition) is 5. The molecule has 0 aliphatic heterocycles. The molecule has 0 heterocycles. The van der Waals surface area contributed by atoms with Crippen molar-refractivity contribution in [2.24, 2.45) is 0 Å². The van der Waals surface area contributed by atoms with Gasteiger partial charge in [-0.15, -0.1) is 0 Å². The highest BCUT2D eigenvalue weighted by atomic mass is 35.5. The number of sulfonamides is 1. The van der Waals surface area contributed by atoms with Crippen molar-refractivity contribution in [2.45, 2.75) is 45.8 Å². The summed E-state index contributed by atoms with van der Waals surface area (Å²) >= 11 is 12.1. The molecule has 2 amide bonds. The molecule has 0 saturated heterocycles. The number of nitrogens with one attached hydrogen (secondary N) is 1. The Hall–Kier alpha value is -2.49. The lowest BCUT2D eigenvalue weighted by Gasteiger charge is -2.32. The highest BCUT2D eigenvalue weighted by Crippen LogP contribution is 2.27. The molecule has 2 atom stereocenters. The van der Waals surface area contributed by atoms with Crippen molar-refractivity contribution in [1.82, 2.24) is 10.2 Å². The van der Waals surface area contributed by atoms with Crippen LogP contribution < -0.4 is 14.4 Å². The summed E-state index contributed by atoms with van der Waals surface area (Å²) < 4.78 is 31.4. The minimum Gasteiger partial charge on any atom is -0.497 e. The largest absolute Gasteiger partial charge is 0.497 e. The first kappa shape index (κ1) is 28.7. The number of ether oxygens (including phenoxy) is 1. The highest BCUT2D eigenvalue weighted by molar-refractivity contribution is 7.92. The third kappa shape index (κ3) is 8.30. The van der Waals surface area contributed by atoms with Gasteiger partial charge in [-0.3, -0.25) is 13.9 Å². The topological polar surface area (TPSA) is 96.0 Å². The van der Waals surface area contributed by atoms with Crippen LogP contribution in [-0.2, 0) is 26.2 Å². The second-order valence-electron chi connectivity index (χ2n) is 8.26.